The number of hydrogen-bond acceptors (Lipinski definition) is 6. The van der Waals surface area contributed by atoms with Gasteiger partial charge in [-0.2, -0.15) is 0 Å². The summed E-state index contributed by atoms with van der Waals surface area (Å²) in [7, 11) is 3.24. The summed E-state index contributed by atoms with van der Waals surface area (Å²) < 4.78 is 16.0. The molecule has 1 amide bonds. The molecule has 7 nitrogen and oxygen atoms in total. The molecule has 2 aromatic carbocycles. The molecule has 1 saturated heterocycles. The lowest BCUT2D eigenvalue weighted by Gasteiger charge is -2.30. The Morgan fingerprint density at radius 3 is 2.59 bits per heavy atom. The van der Waals surface area contributed by atoms with Crippen molar-refractivity contribution in [1.82, 2.24) is 5.32 Å². The minimum absolute atomic E-state index is 0.0574. The van der Waals surface area contributed by atoms with Crippen molar-refractivity contribution in [2.45, 2.75) is 6.42 Å². The highest BCUT2D eigenvalue weighted by atomic mass is 16.5. The molecular weight excluding hydrogens is 370 g/mol. The van der Waals surface area contributed by atoms with Crippen LogP contribution in [0.5, 0.6) is 11.5 Å². The van der Waals surface area contributed by atoms with Gasteiger partial charge in [0.2, 0.25) is 5.91 Å². The van der Waals surface area contributed by atoms with Crippen LogP contribution in [0, 0.1) is 0 Å². The Kier molecular flexibility index (Phi) is 7.72. The van der Waals surface area contributed by atoms with E-state index in [2.05, 4.69) is 15.5 Å². The molecular formula is C22H29N3O4. The summed E-state index contributed by atoms with van der Waals surface area (Å²) in [5.41, 5.74) is 2.99. The Hall–Kier alpha value is -2.77. The first-order valence-electron chi connectivity index (χ1n) is 9.84. The maximum absolute atomic E-state index is 12.4. The van der Waals surface area contributed by atoms with Gasteiger partial charge in [-0.3, -0.25) is 4.79 Å². The Morgan fingerprint density at radius 2 is 1.83 bits per heavy atom. The number of carbonyl (C=O) groups is 1. The minimum Gasteiger partial charge on any atom is -0.493 e. The van der Waals surface area contributed by atoms with Crippen LogP contribution in [0.4, 0.5) is 11.4 Å². The molecule has 0 unspecified atom stereocenters. The van der Waals surface area contributed by atoms with Crippen LogP contribution in [0.1, 0.15) is 5.56 Å². The van der Waals surface area contributed by atoms with Crippen molar-refractivity contribution in [3.05, 3.63) is 48.0 Å². The number of morpholine rings is 1. The van der Waals surface area contributed by atoms with Crippen molar-refractivity contribution in [1.29, 1.82) is 0 Å². The van der Waals surface area contributed by atoms with Gasteiger partial charge in [-0.15, -0.1) is 0 Å². The zero-order valence-corrected chi connectivity index (χ0v) is 17.1. The lowest BCUT2D eigenvalue weighted by Crippen LogP contribution is -2.37. The maximum Gasteiger partial charge on any atom is 0.238 e. The summed E-state index contributed by atoms with van der Waals surface area (Å²) >= 11 is 0. The van der Waals surface area contributed by atoms with Gasteiger partial charge in [0.25, 0.3) is 0 Å². The number of nitrogens with one attached hydrogen (secondary N) is 2. The lowest BCUT2D eigenvalue weighted by molar-refractivity contribution is -0.115. The summed E-state index contributed by atoms with van der Waals surface area (Å²) in [6, 6.07) is 13.7. The average Bonchev–Trinajstić information content (AvgIpc) is 2.77. The third-order valence-electron chi connectivity index (χ3n) is 4.85. The molecule has 1 aliphatic rings. The molecule has 0 aromatic heterocycles. The first kappa shape index (κ1) is 21.0. The van der Waals surface area contributed by atoms with Gasteiger partial charge in [0.15, 0.2) is 11.5 Å². The summed E-state index contributed by atoms with van der Waals surface area (Å²) in [4.78, 5) is 14.6. The number of carbonyl (C=O) groups excluding carboxylic acids is 1. The Morgan fingerprint density at radius 1 is 1.07 bits per heavy atom. The highest BCUT2D eigenvalue weighted by Gasteiger charge is 2.15. The molecule has 7 heteroatoms. The van der Waals surface area contributed by atoms with E-state index in [-0.39, 0.29) is 12.5 Å². The zero-order chi connectivity index (χ0) is 20.5. The van der Waals surface area contributed by atoms with Crippen LogP contribution in [0.3, 0.4) is 0 Å². The molecule has 156 valence electrons. The van der Waals surface area contributed by atoms with Crippen LogP contribution >= 0.6 is 0 Å². The molecule has 2 N–H and O–H groups in total. The molecule has 0 saturated carbocycles. The SMILES string of the molecule is COc1ccc(CCNCC(=O)Nc2ccccc2N2CCOCC2)cc1OC. The number of rotatable bonds is 9. The third kappa shape index (κ3) is 5.85. The van der Waals surface area contributed by atoms with Crippen LogP contribution in [0.2, 0.25) is 0 Å². The molecule has 0 bridgehead atoms. The molecule has 0 spiro atoms. The predicted molar refractivity (Wildman–Crippen MR) is 114 cm³/mol. The third-order valence-corrected chi connectivity index (χ3v) is 4.85. The van der Waals surface area contributed by atoms with Crippen molar-refractivity contribution >= 4 is 17.3 Å². The first-order valence-corrected chi connectivity index (χ1v) is 9.84. The van der Waals surface area contributed by atoms with Crippen molar-refractivity contribution in [2.24, 2.45) is 0 Å². The zero-order valence-electron chi connectivity index (χ0n) is 17.1. The van der Waals surface area contributed by atoms with E-state index in [4.69, 9.17) is 14.2 Å². The van der Waals surface area contributed by atoms with Crippen LogP contribution in [0.15, 0.2) is 42.5 Å². The van der Waals surface area contributed by atoms with E-state index < -0.39 is 0 Å². The lowest BCUT2D eigenvalue weighted by atomic mass is 10.1. The summed E-state index contributed by atoms with van der Waals surface area (Å²) in [6.45, 7) is 4.02. The maximum atomic E-state index is 12.4. The molecule has 1 aliphatic heterocycles. The molecule has 0 aliphatic carbocycles. The van der Waals surface area contributed by atoms with Gasteiger partial charge in [-0.1, -0.05) is 18.2 Å². The fourth-order valence-corrected chi connectivity index (χ4v) is 3.32. The number of amides is 1. The Bertz CT molecular complexity index is 806. The van der Waals surface area contributed by atoms with Crippen molar-refractivity contribution in [3.8, 4) is 11.5 Å². The molecule has 29 heavy (non-hydrogen) atoms. The van der Waals surface area contributed by atoms with E-state index >= 15 is 0 Å². The van der Waals surface area contributed by atoms with Gasteiger partial charge in [0.05, 0.1) is 45.4 Å². The second-order valence-electron chi connectivity index (χ2n) is 6.78. The number of benzene rings is 2. The first-order chi connectivity index (χ1) is 14.2. The van der Waals surface area contributed by atoms with Gasteiger partial charge in [0.1, 0.15) is 0 Å². The highest BCUT2D eigenvalue weighted by Crippen LogP contribution is 2.28. The van der Waals surface area contributed by atoms with Crippen LogP contribution in [-0.4, -0.2) is 59.5 Å². The van der Waals surface area contributed by atoms with E-state index in [1.54, 1.807) is 14.2 Å². The van der Waals surface area contributed by atoms with Crippen LogP contribution in [0.25, 0.3) is 0 Å². The fraction of sp³-hybridized carbons (Fsp3) is 0.409. The summed E-state index contributed by atoms with van der Waals surface area (Å²) in [6.07, 6.45) is 0.790. The van der Waals surface area contributed by atoms with Crippen LogP contribution < -0.4 is 25.0 Å². The predicted octanol–water partition coefficient (Wildman–Crippen LogP) is 2.31. The van der Waals surface area contributed by atoms with E-state index in [9.17, 15) is 4.79 Å². The number of methoxy groups -OCH3 is 2. The molecule has 1 fully saturated rings. The molecule has 0 radical (unpaired) electrons. The molecule has 0 atom stereocenters. The summed E-state index contributed by atoms with van der Waals surface area (Å²) in [5.74, 6) is 1.36. The molecule has 1 heterocycles. The highest BCUT2D eigenvalue weighted by molar-refractivity contribution is 5.95. The summed E-state index contributed by atoms with van der Waals surface area (Å²) in [5, 5.41) is 6.22. The topological polar surface area (TPSA) is 72.1 Å². The molecule has 2 aromatic rings. The van der Waals surface area contributed by atoms with E-state index in [1.807, 2.05) is 42.5 Å². The second-order valence-corrected chi connectivity index (χ2v) is 6.78. The minimum atomic E-state index is -0.0574. The van der Waals surface area contributed by atoms with Crippen molar-refractivity contribution < 1.29 is 19.0 Å². The van der Waals surface area contributed by atoms with Crippen molar-refractivity contribution in [2.75, 3.05) is 63.8 Å². The smallest absolute Gasteiger partial charge is 0.238 e. The average molecular weight is 399 g/mol. The van der Waals surface area contributed by atoms with Crippen LogP contribution in [-0.2, 0) is 16.0 Å². The van der Waals surface area contributed by atoms with E-state index in [1.165, 1.54) is 0 Å². The van der Waals surface area contributed by atoms with E-state index in [0.29, 0.717) is 31.3 Å². The van der Waals surface area contributed by atoms with Gasteiger partial charge >= 0.3 is 0 Å². The quantitative estimate of drug-likeness (QED) is 0.631. The van der Waals surface area contributed by atoms with Gasteiger partial charge < -0.3 is 29.7 Å². The van der Waals surface area contributed by atoms with Gasteiger partial charge in [-0.25, -0.2) is 0 Å². The Labute approximate surface area is 171 Å². The van der Waals surface area contributed by atoms with Gasteiger partial charge in [-0.05, 0) is 42.8 Å². The van der Waals surface area contributed by atoms with Gasteiger partial charge in [0, 0.05) is 13.1 Å². The number of para-hydroxylation sites is 2. The molecule has 3 rings (SSSR count). The largest absolute Gasteiger partial charge is 0.493 e. The number of hydrogen-bond donors (Lipinski definition) is 2. The number of anilines is 2. The second kappa shape index (κ2) is 10.7. The normalized spacial score (nSPS) is 13.8. The Balaban J connectivity index is 1.47. The number of nitrogens with zero attached hydrogens (tertiary/aromatic N) is 1. The standard InChI is InChI=1S/C22H29N3O4/c1-27-20-8-7-17(15-21(20)28-2)9-10-23-16-22(26)24-18-5-3-4-6-19(18)25-11-13-29-14-12-25/h3-8,15,23H,9-14,16H2,1-2H3,(H,24,26). The number of ether oxygens (including phenoxy) is 3. The monoisotopic (exact) mass is 399 g/mol. The van der Waals surface area contributed by atoms with E-state index in [0.717, 1.165) is 36.4 Å². The fourth-order valence-electron chi connectivity index (χ4n) is 3.32. The van der Waals surface area contributed by atoms with Crippen molar-refractivity contribution in [3.63, 3.8) is 0 Å².